The molecular weight excluding hydrogens is 580 g/mol. The van der Waals surface area contributed by atoms with Gasteiger partial charge in [-0.05, 0) is 75.3 Å². The number of rotatable bonds is 10. The number of benzene rings is 2. The molecule has 5 rings (SSSR count). The second-order valence-electron chi connectivity index (χ2n) is 11.4. The number of sulfone groups is 1. The lowest BCUT2D eigenvalue weighted by atomic mass is 9.84. The van der Waals surface area contributed by atoms with Crippen molar-refractivity contribution >= 4 is 30.8 Å². The molecular formula is C30H38N2O8S2. The molecule has 2 fully saturated rings. The molecule has 0 bridgehead atoms. The van der Waals surface area contributed by atoms with Crippen molar-refractivity contribution in [1.29, 1.82) is 0 Å². The van der Waals surface area contributed by atoms with E-state index >= 15 is 0 Å². The van der Waals surface area contributed by atoms with E-state index in [0.29, 0.717) is 49.1 Å². The number of aliphatic hydroxyl groups is 1. The average molecular weight is 619 g/mol. The van der Waals surface area contributed by atoms with Gasteiger partial charge >= 0.3 is 0 Å². The molecule has 2 saturated heterocycles. The number of nitrogens with zero attached hydrogens (tertiary/aromatic N) is 2. The molecule has 1 N–H and O–H groups in total. The van der Waals surface area contributed by atoms with E-state index in [2.05, 4.69) is 0 Å². The van der Waals surface area contributed by atoms with Gasteiger partial charge in [-0.25, -0.2) is 16.8 Å². The number of aromatic nitrogens is 1. The second kappa shape index (κ2) is 12.1. The van der Waals surface area contributed by atoms with Crippen molar-refractivity contribution in [3.05, 3.63) is 65.0 Å². The maximum Gasteiger partial charge on any atom is 0.248 e. The summed E-state index contributed by atoms with van der Waals surface area (Å²) in [6, 6.07) is 13.3. The zero-order valence-electron chi connectivity index (χ0n) is 23.9. The highest BCUT2D eigenvalue weighted by atomic mass is 32.2. The maximum atomic E-state index is 13.6. The van der Waals surface area contributed by atoms with Crippen LogP contribution in [0, 0.1) is 5.92 Å². The first kappa shape index (κ1) is 30.7. The molecule has 10 nitrogen and oxygen atoms in total. The third-order valence-corrected chi connectivity index (χ3v) is 11.4. The predicted molar refractivity (Wildman–Crippen MR) is 159 cm³/mol. The Kier molecular flexibility index (Phi) is 8.82. The third-order valence-electron chi connectivity index (χ3n) is 8.42. The Morgan fingerprint density at radius 3 is 2.55 bits per heavy atom. The van der Waals surface area contributed by atoms with Crippen molar-refractivity contribution in [2.24, 2.45) is 5.92 Å². The summed E-state index contributed by atoms with van der Waals surface area (Å²) in [5.41, 5.74) is -0.166. The molecule has 3 heterocycles. The Balaban J connectivity index is 1.15. The van der Waals surface area contributed by atoms with Gasteiger partial charge in [-0.3, -0.25) is 4.79 Å². The van der Waals surface area contributed by atoms with E-state index in [4.69, 9.17) is 9.47 Å². The van der Waals surface area contributed by atoms with Crippen LogP contribution in [0.1, 0.15) is 39.0 Å². The summed E-state index contributed by atoms with van der Waals surface area (Å²) in [6.07, 6.45) is 4.97. The fourth-order valence-corrected chi connectivity index (χ4v) is 8.21. The molecule has 2 aliphatic rings. The topological polar surface area (TPSA) is 132 Å². The summed E-state index contributed by atoms with van der Waals surface area (Å²) in [5, 5.41) is 10.9. The van der Waals surface area contributed by atoms with Crippen LogP contribution in [0.5, 0.6) is 5.75 Å². The van der Waals surface area contributed by atoms with E-state index in [1.807, 2.05) is 19.1 Å². The van der Waals surface area contributed by atoms with Gasteiger partial charge in [0.25, 0.3) is 0 Å². The van der Waals surface area contributed by atoms with Crippen LogP contribution < -0.4 is 10.2 Å². The number of hydrogen-bond donors (Lipinski definition) is 1. The fourth-order valence-electron chi connectivity index (χ4n) is 6.01. The Labute approximate surface area is 246 Å². The second-order valence-corrected chi connectivity index (χ2v) is 15.3. The minimum Gasteiger partial charge on any atom is -0.491 e. The molecule has 0 amide bonds. The molecule has 2 aliphatic heterocycles. The highest BCUT2D eigenvalue weighted by Gasteiger charge is 2.45. The highest BCUT2D eigenvalue weighted by Crippen LogP contribution is 2.41. The van der Waals surface area contributed by atoms with Crippen LogP contribution in [0.25, 0.3) is 10.9 Å². The maximum absolute atomic E-state index is 13.6. The van der Waals surface area contributed by atoms with Crippen LogP contribution in [0.2, 0.25) is 0 Å². The first-order valence-electron chi connectivity index (χ1n) is 14.3. The lowest BCUT2D eigenvalue weighted by Crippen LogP contribution is -2.47. The van der Waals surface area contributed by atoms with E-state index < -0.39 is 37.0 Å². The summed E-state index contributed by atoms with van der Waals surface area (Å²) < 4.78 is 65.8. The van der Waals surface area contributed by atoms with E-state index in [0.717, 1.165) is 19.1 Å². The van der Waals surface area contributed by atoms with Crippen molar-refractivity contribution in [1.82, 2.24) is 8.87 Å². The van der Waals surface area contributed by atoms with Crippen LogP contribution in [0.3, 0.4) is 0 Å². The van der Waals surface area contributed by atoms with Gasteiger partial charge < -0.3 is 19.1 Å². The van der Waals surface area contributed by atoms with Crippen LogP contribution >= 0.6 is 0 Å². The quantitative estimate of drug-likeness (QED) is 0.367. The number of piperidine rings is 1. The minimum atomic E-state index is -3.97. The summed E-state index contributed by atoms with van der Waals surface area (Å²) in [4.78, 5) is 13.2. The molecule has 228 valence electrons. The Morgan fingerprint density at radius 2 is 1.83 bits per heavy atom. The Hall–Kier alpha value is -2.77. The number of sulfonamides is 1. The minimum absolute atomic E-state index is 0.0489. The van der Waals surface area contributed by atoms with Crippen LogP contribution in [0.15, 0.2) is 69.3 Å². The normalized spacial score (nSPS) is 20.2. The Bertz CT molecular complexity index is 1710. The first-order valence-corrected chi connectivity index (χ1v) is 17.6. The molecule has 2 atom stereocenters. The van der Waals surface area contributed by atoms with E-state index in [1.54, 1.807) is 28.8 Å². The van der Waals surface area contributed by atoms with Gasteiger partial charge in [-0.15, -0.1) is 0 Å². The molecule has 42 heavy (non-hydrogen) atoms. The number of aliphatic hydroxyl groups excluding tert-OH is 1. The molecule has 12 heteroatoms. The Morgan fingerprint density at radius 1 is 1.10 bits per heavy atom. The molecule has 2 aromatic carbocycles. The van der Waals surface area contributed by atoms with Crippen molar-refractivity contribution in [2.45, 2.75) is 67.1 Å². The largest absolute Gasteiger partial charge is 0.491 e. The van der Waals surface area contributed by atoms with Crippen molar-refractivity contribution in [3.8, 4) is 5.75 Å². The number of pyridine rings is 1. The van der Waals surface area contributed by atoms with Crippen molar-refractivity contribution in [3.63, 3.8) is 0 Å². The van der Waals surface area contributed by atoms with E-state index in [1.165, 1.54) is 22.6 Å². The van der Waals surface area contributed by atoms with Crippen LogP contribution in [-0.4, -0.2) is 75.1 Å². The van der Waals surface area contributed by atoms with Gasteiger partial charge in [-0.1, -0.05) is 18.2 Å². The predicted octanol–water partition coefficient (Wildman–Crippen LogP) is 3.20. The zero-order chi connectivity index (χ0) is 30.1. The molecule has 3 aromatic rings. The van der Waals surface area contributed by atoms with Gasteiger partial charge in [0.15, 0.2) is 9.84 Å². The molecule has 0 aliphatic carbocycles. The highest BCUT2D eigenvalue weighted by molar-refractivity contribution is 7.90. The monoisotopic (exact) mass is 618 g/mol. The van der Waals surface area contributed by atoms with Gasteiger partial charge in [0.1, 0.15) is 17.3 Å². The number of fused-ring (bicyclic) bond motifs is 1. The molecule has 1 aromatic heterocycles. The molecule has 0 radical (unpaired) electrons. The molecule has 0 saturated carbocycles. The summed E-state index contributed by atoms with van der Waals surface area (Å²) in [7, 11) is -7.32. The molecule has 0 unspecified atom stereocenters. The van der Waals surface area contributed by atoms with E-state index in [9.17, 15) is 26.7 Å². The lowest BCUT2D eigenvalue weighted by molar-refractivity contribution is -0.0314. The standard InChI is InChI=1S/C30H38N2O8S2/c1-3-31-19-28(29(34)26-9-4-5-10-27(26)31)42(37,38)32-15-13-30(14-16-32)18-22(20-40-30)11-12-23(33)21-39-24-7-6-8-25(17-24)41(2,35)36/h4-10,17,19,22-23,33H,3,11-16,18,20-21H2,1-2H3/t22-,23+/m0/s1. The fraction of sp³-hybridized carbons (Fsp3) is 0.500. The summed E-state index contributed by atoms with van der Waals surface area (Å²) in [5.74, 6) is 0.618. The number of aryl methyl sites for hydroxylation is 1. The van der Waals surface area contributed by atoms with Crippen molar-refractivity contribution < 1.29 is 31.4 Å². The SMILES string of the molecule is CCn1cc(S(=O)(=O)N2CCC3(CC2)C[C@H](CC[C@@H](O)COc2cccc(S(C)(=O)=O)c2)CO3)c(=O)c2ccccc21. The van der Waals surface area contributed by atoms with Gasteiger partial charge in [0.05, 0.1) is 28.7 Å². The number of hydrogen-bond acceptors (Lipinski definition) is 8. The lowest BCUT2D eigenvalue weighted by Gasteiger charge is -2.38. The van der Waals surface area contributed by atoms with Gasteiger partial charge in [-0.2, -0.15) is 4.31 Å². The van der Waals surface area contributed by atoms with Crippen LogP contribution in [-0.2, 0) is 31.1 Å². The third kappa shape index (κ3) is 6.42. The van der Waals surface area contributed by atoms with Crippen LogP contribution in [0.4, 0.5) is 0 Å². The average Bonchev–Trinajstić information content (AvgIpc) is 3.37. The number of ether oxygens (including phenoxy) is 2. The molecule has 1 spiro atoms. The van der Waals surface area contributed by atoms with E-state index in [-0.39, 0.29) is 35.4 Å². The smallest absolute Gasteiger partial charge is 0.248 e. The van der Waals surface area contributed by atoms with Gasteiger partial charge in [0, 0.05) is 37.5 Å². The first-order chi connectivity index (χ1) is 19.9. The summed E-state index contributed by atoms with van der Waals surface area (Å²) in [6.45, 7) is 3.60. The number of para-hydroxylation sites is 1. The summed E-state index contributed by atoms with van der Waals surface area (Å²) >= 11 is 0. The van der Waals surface area contributed by atoms with Crippen molar-refractivity contribution in [2.75, 3.05) is 32.6 Å². The zero-order valence-corrected chi connectivity index (χ0v) is 25.6. The van der Waals surface area contributed by atoms with Gasteiger partial charge in [0.2, 0.25) is 15.5 Å².